The van der Waals surface area contributed by atoms with Crippen LogP contribution in [0.5, 0.6) is 5.75 Å². The van der Waals surface area contributed by atoms with Gasteiger partial charge < -0.3 is 10.1 Å². The Kier molecular flexibility index (Phi) is 7.09. The summed E-state index contributed by atoms with van der Waals surface area (Å²) in [6, 6.07) is 21.4. The Hall–Kier alpha value is -3.16. The van der Waals surface area contributed by atoms with Gasteiger partial charge in [-0.1, -0.05) is 42.5 Å². The van der Waals surface area contributed by atoms with E-state index in [1.165, 1.54) is 4.31 Å². The molecule has 3 rings (SSSR count). The average molecular weight is 439 g/mol. The minimum Gasteiger partial charge on any atom is -0.497 e. The Bertz CT molecular complexity index is 1140. The van der Waals surface area contributed by atoms with E-state index in [1.54, 1.807) is 50.4 Å². The number of hydrogen-bond donors (Lipinski definition) is 1. The van der Waals surface area contributed by atoms with Gasteiger partial charge in [-0.2, -0.15) is 4.31 Å². The van der Waals surface area contributed by atoms with Crippen molar-refractivity contribution in [2.24, 2.45) is 0 Å². The quantitative estimate of drug-likeness (QED) is 0.574. The predicted molar refractivity (Wildman–Crippen MR) is 122 cm³/mol. The smallest absolute Gasteiger partial charge is 0.244 e. The fourth-order valence-corrected chi connectivity index (χ4v) is 4.87. The van der Waals surface area contributed by atoms with E-state index in [9.17, 15) is 13.2 Å². The third-order valence-corrected chi connectivity index (χ3v) is 6.79. The topological polar surface area (TPSA) is 75.7 Å². The van der Waals surface area contributed by atoms with E-state index in [0.29, 0.717) is 17.0 Å². The number of amides is 1. The first kappa shape index (κ1) is 22.5. The van der Waals surface area contributed by atoms with Crippen LogP contribution in [-0.2, 0) is 21.4 Å². The molecule has 0 saturated heterocycles. The van der Waals surface area contributed by atoms with E-state index >= 15 is 0 Å². The van der Waals surface area contributed by atoms with Gasteiger partial charge >= 0.3 is 0 Å². The lowest BCUT2D eigenvalue weighted by atomic mass is 10.2. The molecule has 1 amide bonds. The highest BCUT2D eigenvalue weighted by molar-refractivity contribution is 7.89. The molecule has 0 unspecified atom stereocenters. The molecule has 3 aromatic rings. The van der Waals surface area contributed by atoms with Gasteiger partial charge in [0.1, 0.15) is 5.75 Å². The second-order valence-corrected chi connectivity index (χ2v) is 9.21. The molecule has 162 valence electrons. The molecule has 0 aromatic heterocycles. The number of nitrogens with one attached hydrogen (secondary N) is 1. The molecule has 0 saturated carbocycles. The predicted octanol–water partition coefficient (Wildman–Crippen LogP) is 4.14. The van der Waals surface area contributed by atoms with Crippen molar-refractivity contribution in [1.82, 2.24) is 4.31 Å². The molecule has 31 heavy (non-hydrogen) atoms. The van der Waals surface area contributed by atoms with Crippen LogP contribution in [0.4, 0.5) is 5.69 Å². The summed E-state index contributed by atoms with van der Waals surface area (Å²) in [6.07, 6.45) is 0. The Labute approximate surface area is 183 Å². The molecule has 0 aliphatic carbocycles. The Balaban J connectivity index is 1.88. The van der Waals surface area contributed by atoms with Crippen molar-refractivity contribution in [3.63, 3.8) is 0 Å². The van der Waals surface area contributed by atoms with E-state index in [1.807, 2.05) is 43.3 Å². The summed E-state index contributed by atoms with van der Waals surface area (Å²) in [5, 5.41) is 2.76. The van der Waals surface area contributed by atoms with Crippen LogP contribution in [0, 0.1) is 13.8 Å². The van der Waals surface area contributed by atoms with Crippen molar-refractivity contribution in [1.29, 1.82) is 0 Å². The number of ether oxygens (including phenoxy) is 1. The van der Waals surface area contributed by atoms with Gasteiger partial charge in [0.2, 0.25) is 15.9 Å². The standard InChI is InChI=1S/C24H26N2O4S/c1-18-9-10-19(2)23(15-18)31(28,29)26(16-20-7-5-4-6-8-20)17-24(27)25-21-11-13-22(30-3)14-12-21/h4-15H,16-17H2,1-3H3,(H,25,27). The minimum atomic E-state index is -3.90. The number of rotatable bonds is 8. The molecular formula is C24H26N2O4S. The van der Waals surface area contributed by atoms with Crippen LogP contribution in [0.25, 0.3) is 0 Å². The molecule has 0 fully saturated rings. The number of anilines is 1. The summed E-state index contributed by atoms with van der Waals surface area (Å²) in [4.78, 5) is 13.0. The van der Waals surface area contributed by atoms with Crippen molar-refractivity contribution in [2.75, 3.05) is 19.0 Å². The number of sulfonamides is 1. The van der Waals surface area contributed by atoms with E-state index in [4.69, 9.17) is 4.74 Å². The van der Waals surface area contributed by atoms with Crippen molar-refractivity contribution in [3.05, 3.63) is 89.5 Å². The molecule has 3 aromatic carbocycles. The number of carbonyl (C=O) groups excluding carboxylic acids is 1. The molecule has 7 heteroatoms. The summed E-state index contributed by atoms with van der Waals surface area (Å²) in [7, 11) is -2.34. The molecule has 0 radical (unpaired) electrons. The zero-order chi connectivity index (χ0) is 22.4. The number of methoxy groups -OCH3 is 1. The SMILES string of the molecule is COc1ccc(NC(=O)CN(Cc2ccccc2)S(=O)(=O)c2cc(C)ccc2C)cc1. The van der Waals surface area contributed by atoms with Gasteiger partial charge in [0, 0.05) is 12.2 Å². The summed E-state index contributed by atoms with van der Waals surface area (Å²) < 4.78 is 33.4. The fraction of sp³-hybridized carbons (Fsp3) is 0.208. The summed E-state index contributed by atoms with van der Waals surface area (Å²) in [5.74, 6) is 0.246. The Morgan fingerprint density at radius 2 is 1.65 bits per heavy atom. The molecule has 0 atom stereocenters. The van der Waals surface area contributed by atoms with Crippen LogP contribution in [0.1, 0.15) is 16.7 Å². The van der Waals surface area contributed by atoms with Crippen LogP contribution in [0.2, 0.25) is 0 Å². The van der Waals surface area contributed by atoms with E-state index in [0.717, 1.165) is 11.1 Å². The Morgan fingerprint density at radius 3 is 2.29 bits per heavy atom. The molecule has 1 N–H and O–H groups in total. The van der Waals surface area contributed by atoms with E-state index in [2.05, 4.69) is 5.32 Å². The first-order valence-electron chi connectivity index (χ1n) is 9.85. The Morgan fingerprint density at radius 1 is 0.968 bits per heavy atom. The minimum absolute atomic E-state index is 0.0899. The lowest BCUT2D eigenvalue weighted by Crippen LogP contribution is -2.37. The molecule has 0 aliphatic heterocycles. The van der Waals surface area contributed by atoms with Crippen molar-refractivity contribution in [3.8, 4) is 5.75 Å². The van der Waals surface area contributed by atoms with Gasteiger partial charge in [0.15, 0.2) is 0 Å². The van der Waals surface area contributed by atoms with Crippen molar-refractivity contribution >= 4 is 21.6 Å². The second-order valence-electron chi connectivity index (χ2n) is 7.30. The number of nitrogens with zero attached hydrogens (tertiary/aromatic N) is 1. The van der Waals surface area contributed by atoms with Crippen LogP contribution >= 0.6 is 0 Å². The summed E-state index contributed by atoms with van der Waals surface area (Å²) in [5.41, 5.74) is 2.84. The fourth-order valence-electron chi connectivity index (χ4n) is 3.17. The maximum absolute atomic E-state index is 13.5. The first-order valence-corrected chi connectivity index (χ1v) is 11.3. The number of hydrogen-bond acceptors (Lipinski definition) is 4. The van der Waals surface area contributed by atoms with Gasteiger partial charge in [0.05, 0.1) is 18.6 Å². The third kappa shape index (κ3) is 5.71. The van der Waals surface area contributed by atoms with Crippen molar-refractivity contribution < 1.29 is 17.9 Å². The molecule has 6 nitrogen and oxygen atoms in total. The van der Waals surface area contributed by atoms with Crippen LogP contribution < -0.4 is 10.1 Å². The average Bonchev–Trinajstić information content (AvgIpc) is 2.76. The molecule has 0 aliphatic rings. The molecule has 0 bridgehead atoms. The zero-order valence-electron chi connectivity index (χ0n) is 17.8. The lowest BCUT2D eigenvalue weighted by Gasteiger charge is -2.23. The van der Waals surface area contributed by atoms with Gasteiger partial charge in [-0.15, -0.1) is 0 Å². The van der Waals surface area contributed by atoms with Gasteiger partial charge in [-0.05, 0) is 60.9 Å². The summed E-state index contributed by atoms with van der Waals surface area (Å²) >= 11 is 0. The lowest BCUT2D eigenvalue weighted by molar-refractivity contribution is -0.116. The normalized spacial score (nSPS) is 11.4. The monoisotopic (exact) mass is 438 g/mol. The molecule has 0 spiro atoms. The van der Waals surface area contributed by atoms with Crippen LogP contribution in [-0.4, -0.2) is 32.3 Å². The van der Waals surface area contributed by atoms with Crippen LogP contribution in [0.15, 0.2) is 77.7 Å². The molecular weight excluding hydrogens is 412 g/mol. The number of aryl methyl sites for hydroxylation is 2. The summed E-state index contributed by atoms with van der Waals surface area (Å²) in [6.45, 7) is 3.38. The second kappa shape index (κ2) is 9.76. The van der Waals surface area contributed by atoms with Gasteiger partial charge in [0.25, 0.3) is 0 Å². The van der Waals surface area contributed by atoms with E-state index < -0.39 is 15.9 Å². The maximum atomic E-state index is 13.5. The highest BCUT2D eigenvalue weighted by Gasteiger charge is 2.28. The van der Waals surface area contributed by atoms with Gasteiger partial charge in [-0.3, -0.25) is 4.79 Å². The highest BCUT2D eigenvalue weighted by atomic mass is 32.2. The third-order valence-electron chi connectivity index (χ3n) is 4.86. The number of benzene rings is 3. The molecule has 0 heterocycles. The first-order chi connectivity index (χ1) is 14.8. The number of carbonyl (C=O) groups is 1. The van der Waals surface area contributed by atoms with Crippen molar-refractivity contribution in [2.45, 2.75) is 25.3 Å². The van der Waals surface area contributed by atoms with E-state index in [-0.39, 0.29) is 18.0 Å². The zero-order valence-corrected chi connectivity index (χ0v) is 18.6. The van der Waals surface area contributed by atoms with Gasteiger partial charge in [-0.25, -0.2) is 8.42 Å². The highest BCUT2D eigenvalue weighted by Crippen LogP contribution is 2.23. The maximum Gasteiger partial charge on any atom is 0.244 e. The van der Waals surface area contributed by atoms with Crippen LogP contribution in [0.3, 0.4) is 0 Å². The largest absolute Gasteiger partial charge is 0.497 e.